The van der Waals surface area contributed by atoms with Gasteiger partial charge in [-0.1, -0.05) is 12.1 Å². The van der Waals surface area contributed by atoms with E-state index in [0.717, 1.165) is 4.47 Å². The summed E-state index contributed by atoms with van der Waals surface area (Å²) in [6.07, 6.45) is 0.253. The molecule has 108 valence electrons. The Morgan fingerprint density at radius 1 is 1.45 bits per heavy atom. The lowest BCUT2D eigenvalue weighted by atomic mass is 9.99. The lowest BCUT2D eigenvalue weighted by Crippen LogP contribution is -2.56. The van der Waals surface area contributed by atoms with Crippen LogP contribution in [-0.2, 0) is 14.3 Å². The van der Waals surface area contributed by atoms with Crippen LogP contribution in [0.3, 0.4) is 0 Å². The Hall–Kier alpha value is -1.60. The van der Waals surface area contributed by atoms with Crippen LogP contribution in [0.4, 0.5) is 0 Å². The van der Waals surface area contributed by atoms with Gasteiger partial charge in [0, 0.05) is 13.0 Å². The molecule has 1 saturated heterocycles. The maximum absolute atomic E-state index is 11.8. The first-order chi connectivity index (χ1) is 9.53. The number of carboxylic acids is 1. The Balaban J connectivity index is 1.92. The van der Waals surface area contributed by atoms with Crippen molar-refractivity contribution in [2.24, 2.45) is 0 Å². The number of halogens is 1. The minimum absolute atomic E-state index is 0.0247. The standard InChI is InChI=1S/C13H14BrNO5/c14-9-3-1-2-4-10(9)20-7-11(16)15-13(12(17)18)5-6-19-8-13/h1-4H,5-8H2,(H,15,16)(H,17,18). The smallest absolute Gasteiger partial charge is 0.331 e. The zero-order valence-electron chi connectivity index (χ0n) is 10.6. The summed E-state index contributed by atoms with van der Waals surface area (Å²) in [7, 11) is 0. The van der Waals surface area contributed by atoms with Gasteiger partial charge in [0.25, 0.3) is 5.91 Å². The van der Waals surface area contributed by atoms with Crippen LogP contribution >= 0.6 is 15.9 Å². The normalized spacial score (nSPS) is 21.4. The zero-order chi connectivity index (χ0) is 14.6. The summed E-state index contributed by atoms with van der Waals surface area (Å²) in [6, 6.07) is 7.10. The topological polar surface area (TPSA) is 84.9 Å². The molecule has 1 unspecified atom stereocenters. The highest BCUT2D eigenvalue weighted by molar-refractivity contribution is 9.10. The average molecular weight is 344 g/mol. The number of carboxylic acid groups (broad SMARTS) is 1. The number of benzene rings is 1. The molecule has 0 spiro atoms. The minimum Gasteiger partial charge on any atom is -0.483 e. The number of rotatable bonds is 5. The van der Waals surface area contributed by atoms with Crippen LogP contribution in [-0.4, -0.2) is 42.3 Å². The second-order valence-electron chi connectivity index (χ2n) is 4.46. The summed E-state index contributed by atoms with van der Waals surface area (Å²) in [5.74, 6) is -1.06. The molecule has 2 rings (SSSR count). The highest BCUT2D eigenvalue weighted by Gasteiger charge is 2.43. The summed E-state index contributed by atoms with van der Waals surface area (Å²) < 4.78 is 11.1. The minimum atomic E-state index is -1.34. The number of aliphatic carboxylic acids is 1. The molecule has 0 aliphatic carbocycles. The molecule has 0 radical (unpaired) electrons. The van der Waals surface area contributed by atoms with E-state index in [-0.39, 0.29) is 19.6 Å². The van der Waals surface area contributed by atoms with Crippen molar-refractivity contribution in [2.75, 3.05) is 19.8 Å². The van der Waals surface area contributed by atoms with Crippen molar-refractivity contribution in [3.05, 3.63) is 28.7 Å². The van der Waals surface area contributed by atoms with E-state index in [1.807, 2.05) is 6.07 Å². The van der Waals surface area contributed by atoms with Crippen LogP contribution in [0.2, 0.25) is 0 Å². The van der Waals surface area contributed by atoms with Gasteiger partial charge in [-0.3, -0.25) is 4.79 Å². The molecular weight excluding hydrogens is 330 g/mol. The highest BCUT2D eigenvalue weighted by atomic mass is 79.9. The summed E-state index contributed by atoms with van der Waals surface area (Å²) in [5.41, 5.74) is -1.34. The maximum atomic E-state index is 11.8. The van der Waals surface area contributed by atoms with Crippen LogP contribution in [0.15, 0.2) is 28.7 Å². The summed E-state index contributed by atoms with van der Waals surface area (Å²) >= 11 is 3.30. The van der Waals surface area contributed by atoms with Crippen molar-refractivity contribution >= 4 is 27.8 Å². The van der Waals surface area contributed by atoms with E-state index in [9.17, 15) is 14.7 Å². The molecule has 1 heterocycles. The van der Waals surface area contributed by atoms with Crippen molar-refractivity contribution in [2.45, 2.75) is 12.0 Å². The van der Waals surface area contributed by atoms with Crippen LogP contribution < -0.4 is 10.1 Å². The van der Waals surface area contributed by atoms with Crippen LogP contribution in [0, 0.1) is 0 Å². The van der Waals surface area contributed by atoms with Crippen molar-refractivity contribution in [1.82, 2.24) is 5.32 Å². The summed E-state index contributed by atoms with van der Waals surface area (Å²) in [5, 5.41) is 11.7. The Labute approximate surface area is 124 Å². The number of hydrogen-bond donors (Lipinski definition) is 2. The van der Waals surface area contributed by atoms with Crippen LogP contribution in [0.25, 0.3) is 0 Å². The van der Waals surface area contributed by atoms with Crippen LogP contribution in [0.5, 0.6) is 5.75 Å². The second-order valence-corrected chi connectivity index (χ2v) is 5.31. The van der Waals surface area contributed by atoms with Crippen LogP contribution in [0.1, 0.15) is 6.42 Å². The molecule has 7 heteroatoms. The van der Waals surface area contributed by atoms with E-state index < -0.39 is 17.4 Å². The predicted octanol–water partition coefficient (Wildman–Crippen LogP) is 1.19. The number of para-hydroxylation sites is 1. The largest absolute Gasteiger partial charge is 0.483 e. The number of carbonyl (C=O) groups excluding carboxylic acids is 1. The molecule has 1 amide bonds. The van der Waals surface area contributed by atoms with E-state index in [1.54, 1.807) is 18.2 Å². The Kier molecular flexibility index (Phi) is 4.61. The average Bonchev–Trinajstić information content (AvgIpc) is 2.88. The monoisotopic (exact) mass is 343 g/mol. The fourth-order valence-electron chi connectivity index (χ4n) is 1.89. The third-order valence-corrected chi connectivity index (χ3v) is 3.66. The fraction of sp³-hybridized carbons (Fsp3) is 0.385. The molecule has 0 bridgehead atoms. The number of hydrogen-bond acceptors (Lipinski definition) is 4. The number of amides is 1. The zero-order valence-corrected chi connectivity index (χ0v) is 12.2. The van der Waals surface area contributed by atoms with E-state index >= 15 is 0 Å². The molecular formula is C13H14BrNO5. The molecule has 1 fully saturated rings. The third kappa shape index (κ3) is 3.29. The quantitative estimate of drug-likeness (QED) is 0.838. The lowest BCUT2D eigenvalue weighted by Gasteiger charge is -2.23. The predicted molar refractivity (Wildman–Crippen MR) is 73.6 cm³/mol. The molecule has 1 aliphatic heterocycles. The van der Waals surface area contributed by atoms with Gasteiger partial charge in [0.1, 0.15) is 5.75 Å². The molecule has 1 aliphatic rings. The first-order valence-corrected chi connectivity index (χ1v) is 6.82. The summed E-state index contributed by atoms with van der Waals surface area (Å²) in [6.45, 7) is 0.0401. The van der Waals surface area contributed by atoms with Gasteiger partial charge in [-0.25, -0.2) is 4.79 Å². The molecule has 2 N–H and O–H groups in total. The van der Waals surface area contributed by atoms with Crippen molar-refractivity contribution < 1.29 is 24.2 Å². The first-order valence-electron chi connectivity index (χ1n) is 6.03. The van der Waals surface area contributed by atoms with Crippen molar-refractivity contribution in [3.63, 3.8) is 0 Å². The van der Waals surface area contributed by atoms with E-state index in [4.69, 9.17) is 9.47 Å². The number of ether oxygens (including phenoxy) is 2. The van der Waals surface area contributed by atoms with E-state index in [2.05, 4.69) is 21.2 Å². The molecule has 0 aromatic heterocycles. The van der Waals surface area contributed by atoms with Gasteiger partial charge in [0.05, 0.1) is 11.1 Å². The Morgan fingerprint density at radius 2 is 2.20 bits per heavy atom. The Morgan fingerprint density at radius 3 is 2.80 bits per heavy atom. The Bertz CT molecular complexity index is 513. The van der Waals surface area contributed by atoms with Gasteiger partial charge in [0.15, 0.2) is 12.1 Å². The first kappa shape index (κ1) is 14.8. The summed E-state index contributed by atoms with van der Waals surface area (Å²) in [4.78, 5) is 23.1. The fourth-order valence-corrected chi connectivity index (χ4v) is 2.29. The molecule has 1 aromatic carbocycles. The van der Waals surface area contributed by atoms with Gasteiger partial charge < -0.3 is 19.9 Å². The number of nitrogens with one attached hydrogen (secondary N) is 1. The SMILES string of the molecule is O=C(COc1ccccc1Br)NC1(C(=O)O)CCOC1. The number of carbonyl (C=O) groups is 2. The second kappa shape index (κ2) is 6.23. The van der Waals surface area contributed by atoms with Gasteiger partial charge >= 0.3 is 5.97 Å². The molecule has 1 aromatic rings. The van der Waals surface area contributed by atoms with E-state index in [1.165, 1.54) is 0 Å². The van der Waals surface area contributed by atoms with Crippen molar-refractivity contribution in [3.8, 4) is 5.75 Å². The maximum Gasteiger partial charge on any atom is 0.331 e. The van der Waals surface area contributed by atoms with Crippen molar-refractivity contribution in [1.29, 1.82) is 0 Å². The van der Waals surface area contributed by atoms with Gasteiger partial charge in [-0.05, 0) is 28.1 Å². The van der Waals surface area contributed by atoms with Gasteiger partial charge in [-0.2, -0.15) is 0 Å². The van der Waals surface area contributed by atoms with Gasteiger partial charge in [0.2, 0.25) is 0 Å². The van der Waals surface area contributed by atoms with Gasteiger partial charge in [-0.15, -0.1) is 0 Å². The molecule has 1 atom stereocenters. The lowest BCUT2D eigenvalue weighted by molar-refractivity contribution is -0.148. The third-order valence-electron chi connectivity index (χ3n) is 3.01. The molecule has 0 saturated carbocycles. The highest BCUT2D eigenvalue weighted by Crippen LogP contribution is 2.24. The molecule has 20 heavy (non-hydrogen) atoms. The molecule has 6 nitrogen and oxygen atoms in total. The van der Waals surface area contributed by atoms with E-state index in [0.29, 0.717) is 12.4 Å².